The van der Waals surface area contributed by atoms with Crippen LogP contribution in [0.4, 0.5) is 0 Å². The van der Waals surface area contributed by atoms with E-state index in [1.165, 1.54) is 89.9 Å². The number of aliphatic hydroxyl groups excluding tert-OH is 10. The molecule has 0 radical (unpaired) electrons. The highest BCUT2D eigenvalue weighted by molar-refractivity contribution is 4.97. The average molecular weight is 785 g/mol. The average Bonchev–Trinajstić information content (AvgIpc) is 3.18. The highest BCUT2D eigenvalue weighted by Crippen LogP contribution is 2.29. The Bertz CT molecular complexity index is 765. The standard InChI is InChI=1S/C26H54O6.C16H34O6/c1-3-5-7-9-11-13-15-17-19-26(31,24(30)22-28)25(23(29)21-27)32-20-18-16-14-12-10-8-6-4-2;1-2-3-4-5-6-7-8-9-10-12(18)14(20)16(22)15(21)13(19)11-17/h23-25,27-31H,3-22H2,1-2H3;12-22H,2-11H2,1H3/t23-,24-,25-,26-;12?,13-,14-,15-,16-/m11/s1. The Morgan fingerprint density at radius 2 is 0.778 bits per heavy atom. The predicted molar refractivity (Wildman–Crippen MR) is 215 cm³/mol. The molecule has 0 rings (SSSR count). The molecule has 54 heavy (non-hydrogen) atoms. The van der Waals surface area contributed by atoms with Crippen molar-refractivity contribution in [3.05, 3.63) is 0 Å². The molecule has 0 spiro atoms. The predicted octanol–water partition coefficient (Wildman–Crippen LogP) is 4.79. The number of ether oxygens (including phenoxy) is 1. The lowest BCUT2D eigenvalue weighted by Gasteiger charge is -2.41. The fraction of sp³-hybridized carbons (Fsp3) is 1.00. The Balaban J connectivity index is 0. The van der Waals surface area contributed by atoms with Gasteiger partial charge in [-0.05, 0) is 19.3 Å². The zero-order valence-corrected chi connectivity index (χ0v) is 34.7. The molecule has 0 aliphatic rings. The van der Waals surface area contributed by atoms with Gasteiger partial charge in [-0.15, -0.1) is 0 Å². The maximum absolute atomic E-state index is 11.2. The second kappa shape index (κ2) is 38.1. The summed E-state index contributed by atoms with van der Waals surface area (Å²) >= 11 is 0. The Morgan fingerprint density at radius 1 is 0.407 bits per heavy atom. The lowest BCUT2D eigenvalue weighted by atomic mass is 9.82. The van der Waals surface area contributed by atoms with Gasteiger partial charge in [0.15, 0.2) is 0 Å². The van der Waals surface area contributed by atoms with Crippen molar-refractivity contribution >= 4 is 0 Å². The van der Waals surface area contributed by atoms with Gasteiger partial charge in [-0.3, -0.25) is 0 Å². The molecule has 0 heterocycles. The van der Waals surface area contributed by atoms with Crippen LogP contribution in [0.25, 0.3) is 0 Å². The quantitative estimate of drug-likeness (QED) is 0.0380. The van der Waals surface area contributed by atoms with Crippen LogP contribution in [0.5, 0.6) is 0 Å². The summed E-state index contributed by atoms with van der Waals surface area (Å²) in [6.07, 6.45) is 15.9. The summed E-state index contributed by atoms with van der Waals surface area (Å²) in [7, 11) is 0. The van der Waals surface area contributed by atoms with Crippen LogP contribution in [-0.4, -0.2) is 137 Å². The van der Waals surface area contributed by atoms with Gasteiger partial charge in [-0.25, -0.2) is 0 Å². The monoisotopic (exact) mass is 785 g/mol. The normalized spacial score (nSPS) is 17.4. The van der Waals surface area contributed by atoms with Gasteiger partial charge >= 0.3 is 0 Å². The van der Waals surface area contributed by atoms with Crippen LogP contribution < -0.4 is 0 Å². The third-order valence-electron chi connectivity index (χ3n) is 10.5. The summed E-state index contributed by atoms with van der Waals surface area (Å²) in [5.74, 6) is 0. The van der Waals surface area contributed by atoms with E-state index in [0.29, 0.717) is 19.4 Å². The molecule has 0 amide bonds. The third-order valence-corrected chi connectivity index (χ3v) is 10.5. The fourth-order valence-electron chi connectivity index (χ4n) is 6.75. The molecule has 328 valence electrons. The molecule has 0 bridgehead atoms. The van der Waals surface area contributed by atoms with E-state index in [1.54, 1.807) is 0 Å². The van der Waals surface area contributed by atoms with E-state index >= 15 is 0 Å². The van der Waals surface area contributed by atoms with Crippen molar-refractivity contribution in [2.75, 3.05) is 26.4 Å². The molecule has 0 aromatic rings. The SMILES string of the molecule is CCCCCCCCCCC(O)[C@@H](O)[C@@H](O)[C@H](O)[C@H](O)CO.CCCCCCCCCCO[C@H]([C@H](O)CO)[C@@](O)(CCCCCCCCCC)[C@H](O)CO. The van der Waals surface area contributed by atoms with Crippen LogP contribution in [0.3, 0.4) is 0 Å². The molecular formula is C42H88O12. The third kappa shape index (κ3) is 27.2. The van der Waals surface area contributed by atoms with Crippen molar-refractivity contribution < 1.29 is 60.9 Å². The van der Waals surface area contributed by atoms with Crippen molar-refractivity contribution in [2.24, 2.45) is 0 Å². The number of hydrogen-bond donors (Lipinski definition) is 11. The molecule has 0 aromatic heterocycles. The zero-order chi connectivity index (χ0) is 41.0. The molecule has 0 aliphatic heterocycles. The molecule has 0 saturated heterocycles. The van der Waals surface area contributed by atoms with Crippen LogP contribution in [0, 0.1) is 0 Å². The van der Waals surface area contributed by atoms with Crippen molar-refractivity contribution in [1.82, 2.24) is 0 Å². The van der Waals surface area contributed by atoms with Crippen molar-refractivity contribution in [1.29, 1.82) is 0 Å². The van der Waals surface area contributed by atoms with Gasteiger partial charge in [0.1, 0.15) is 48.3 Å². The summed E-state index contributed by atoms with van der Waals surface area (Å²) in [5.41, 5.74) is -1.79. The van der Waals surface area contributed by atoms with Crippen LogP contribution in [0.2, 0.25) is 0 Å². The van der Waals surface area contributed by atoms with Gasteiger partial charge in [0, 0.05) is 6.61 Å². The topological polar surface area (TPSA) is 232 Å². The van der Waals surface area contributed by atoms with E-state index in [9.17, 15) is 51.1 Å². The van der Waals surface area contributed by atoms with E-state index in [4.69, 9.17) is 9.84 Å². The molecule has 12 nitrogen and oxygen atoms in total. The summed E-state index contributed by atoms with van der Waals surface area (Å²) in [4.78, 5) is 0. The van der Waals surface area contributed by atoms with Gasteiger partial charge < -0.3 is 60.9 Å². The lowest BCUT2D eigenvalue weighted by Crippen LogP contribution is -2.59. The second-order valence-corrected chi connectivity index (χ2v) is 15.5. The number of hydrogen-bond acceptors (Lipinski definition) is 12. The second-order valence-electron chi connectivity index (χ2n) is 15.5. The van der Waals surface area contributed by atoms with Gasteiger partial charge in [0.2, 0.25) is 0 Å². The van der Waals surface area contributed by atoms with E-state index in [-0.39, 0.29) is 6.42 Å². The Hall–Kier alpha value is -0.480. The summed E-state index contributed by atoms with van der Waals surface area (Å²) in [5, 5.41) is 108. The van der Waals surface area contributed by atoms with E-state index in [0.717, 1.165) is 57.8 Å². The minimum absolute atomic E-state index is 0.211. The smallest absolute Gasteiger partial charge is 0.121 e. The van der Waals surface area contributed by atoms with Gasteiger partial charge in [-0.1, -0.05) is 168 Å². The van der Waals surface area contributed by atoms with Gasteiger partial charge in [-0.2, -0.15) is 0 Å². The van der Waals surface area contributed by atoms with Gasteiger partial charge in [0.25, 0.3) is 0 Å². The van der Waals surface area contributed by atoms with Crippen LogP contribution in [-0.2, 0) is 4.74 Å². The summed E-state index contributed by atoms with van der Waals surface area (Å²) < 4.78 is 5.82. The number of aliphatic hydroxyl groups is 11. The van der Waals surface area contributed by atoms with Crippen LogP contribution >= 0.6 is 0 Å². The van der Waals surface area contributed by atoms with E-state index in [1.807, 2.05) is 0 Å². The molecule has 9 atom stereocenters. The largest absolute Gasteiger partial charge is 0.394 e. The first-order valence-corrected chi connectivity index (χ1v) is 21.9. The highest BCUT2D eigenvalue weighted by Gasteiger charge is 2.46. The van der Waals surface area contributed by atoms with Gasteiger partial charge in [0.05, 0.1) is 25.9 Å². The first-order valence-electron chi connectivity index (χ1n) is 21.9. The summed E-state index contributed by atoms with van der Waals surface area (Å²) in [6, 6.07) is 0. The van der Waals surface area contributed by atoms with Crippen molar-refractivity contribution in [3.63, 3.8) is 0 Å². The first-order chi connectivity index (χ1) is 25.9. The molecule has 0 aromatic carbocycles. The molecule has 0 fully saturated rings. The number of rotatable bonds is 38. The zero-order valence-electron chi connectivity index (χ0n) is 34.7. The Labute approximate surface area is 329 Å². The molecule has 0 saturated carbocycles. The minimum Gasteiger partial charge on any atom is -0.394 e. The Kier molecular flexibility index (Phi) is 39.2. The first kappa shape index (κ1) is 55.6. The maximum atomic E-state index is 11.2. The van der Waals surface area contributed by atoms with Crippen molar-refractivity contribution in [3.8, 4) is 0 Å². The molecule has 12 heteroatoms. The van der Waals surface area contributed by atoms with Crippen molar-refractivity contribution in [2.45, 2.75) is 242 Å². The fourth-order valence-corrected chi connectivity index (χ4v) is 6.75. The minimum atomic E-state index is -1.79. The molecule has 11 N–H and O–H groups in total. The van der Waals surface area contributed by atoms with E-state index in [2.05, 4.69) is 20.8 Å². The Morgan fingerprint density at radius 3 is 1.19 bits per heavy atom. The maximum Gasteiger partial charge on any atom is 0.121 e. The molecular weight excluding hydrogens is 696 g/mol. The molecule has 0 aliphatic carbocycles. The molecule has 1 unspecified atom stereocenters. The number of unbranched alkanes of at least 4 members (excludes halogenated alkanes) is 21. The van der Waals surface area contributed by atoms with Crippen LogP contribution in [0.1, 0.15) is 188 Å². The van der Waals surface area contributed by atoms with E-state index < -0.39 is 74.3 Å². The lowest BCUT2D eigenvalue weighted by molar-refractivity contribution is -0.211. The highest BCUT2D eigenvalue weighted by atomic mass is 16.5. The van der Waals surface area contributed by atoms with Crippen LogP contribution in [0.15, 0.2) is 0 Å². The summed E-state index contributed by atoms with van der Waals surface area (Å²) in [6.45, 7) is 5.01.